The number of aryl methyl sites for hydroxylation is 2. The molecule has 0 aliphatic heterocycles. The van der Waals surface area contributed by atoms with E-state index in [4.69, 9.17) is 23.2 Å². The lowest BCUT2D eigenvalue weighted by molar-refractivity contribution is 0.748. The molecule has 0 radical (unpaired) electrons. The highest BCUT2D eigenvalue weighted by atomic mass is 35.5. The van der Waals surface area contributed by atoms with Gasteiger partial charge in [0.15, 0.2) is 0 Å². The number of nitrogens with one attached hydrogen (secondary N) is 1. The first kappa shape index (κ1) is 18.6. The fourth-order valence-electron chi connectivity index (χ4n) is 2.95. The van der Waals surface area contributed by atoms with Gasteiger partial charge >= 0.3 is 0 Å². The van der Waals surface area contributed by atoms with Crippen molar-refractivity contribution in [3.05, 3.63) is 86.7 Å². The molecule has 0 saturated carbocycles. The van der Waals surface area contributed by atoms with Gasteiger partial charge in [0.05, 0.1) is 12.8 Å². The first-order valence-corrected chi connectivity index (χ1v) is 9.18. The van der Waals surface area contributed by atoms with Gasteiger partial charge in [0.1, 0.15) is 0 Å². The molecule has 26 heavy (non-hydrogen) atoms. The van der Waals surface area contributed by atoms with Crippen LogP contribution in [0.25, 0.3) is 5.69 Å². The van der Waals surface area contributed by atoms with Gasteiger partial charge in [0.2, 0.25) is 0 Å². The van der Waals surface area contributed by atoms with Gasteiger partial charge in [0, 0.05) is 38.2 Å². The lowest BCUT2D eigenvalue weighted by Gasteiger charge is -2.10. The summed E-state index contributed by atoms with van der Waals surface area (Å²) in [7, 11) is 0. The Labute approximate surface area is 164 Å². The van der Waals surface area contributed by atoms with Gasteiger partial charge in [-0.25, -0.2) is 0 Å². The number of hydrazone groups is 1. The molecular weight excluding hydrogens is 365 g/mol. The number of rotatable bonds is 5. The highest BCUT2D eigenvalue weighted by Gasteiger charge is 2.09. The van der Waals surface area contributed by atoms with E-state index in [1.165, 1.54) is 11.3 Å². The van der Waals surface area contributed by atoms with Gasteiger partial charge < -0.3 is 9.99 Å². The number of nitrogens with zero attached hydrogens (tertiary/aromatic N) is 2. The van der Waals surface area contributed by atoms with Gasteiger partial charge in [-0.15, -0.1) is 0 Å². The van der Waals surface area contributed by atoms with Crippen molar-refractivity contribution in [2.24, 2.45) is 5.10 Å². The molecule has 2 aromatic carbocycles. The van der Waals surface area contributed by atoms with Gasteiger partial charge in [-0.05, 0) is 51.1 Å². The van der Waals surface area contributed by atoms with E-state index in [1.54, 1.807) is 0 Å². The summed E-state index contributed by atoms with van der Waals surface area (Å²) in [6.07, 6.45) is 1.83. The monoisotopic (exact) mass is 385 g/mol. The van der Waals surface area contributed by atoms with Crippen LogP contribution in [-0.2, 0) is 6.54 Å². The van der Waals surface area contributed by atoms with Crippen LogP contribution in [0, 0.1) is 20.8 Å². The van der Waals surface area contributed by atoms with Crippen molar-refractivity contribution in [1.29, 1.82) is 0 Å². The van der Waals surface area contributed by atoms with Crippen molar-refractivity contribution >= 4 is 29.4 Å². The molecular formula is C21H21Cl2N3. The Morgan fingerprint density at radius 3 is 2.31 bits per heavy atom. The molecule has 3 rings (SSSR count). The van der Waals surface area contributed by atoms with Gasteiger partial charge in [-0.1, -0.05) is 47.0 Å². The molecule has 0 amide bonds. The van der Waals surface area contributed by atoms with E-state index in [2.05, 4.69) is 66.2 Å². The Balaban J connectivity index is 1.75. The second-order valence-electron chi connectivity index (χ2n) is 6.29. The minimum absolute atomic E-state index is 0.478. The van der Waals surface area contributed by atoms with Crippen molar-refractivity contribution in [2.45, 2.75) is 27.3 Å². The topological polar surface area (TPSA) is 29.3 Å². The van der Waals surface area contributed by atoms with E-state index >= 15 is 0 Å². The summed E-state index contributed by atoms with van der Waals surface area (Å²) >= 11 is 12.3. The second-order valence-corrected chi connectivity index (χ2v) is 7.11. The molecule has 0 fully saturated rings. The lowest BCUT2D eigenvalue weighted by Crippen LogP contribution is -2.07. The average molecular weight is 386 g/mol. The van der Waals surface area contributed by atoms with Gasteiger partial charge in [0.25, 0.3) is 0 Å². The van der Waals surface area contributed by atoms with Crippen molar-refractivity contribution in [1.82, 2.24) is 9.99 Å². The Hall–Kier alpha value is -2.23. The molecule has 0 saturated heterocycles. The molecule has 0 aliphatic rings. The number of hydrogen-bond donors (Lipinski definition) is 1. The summed E-state index contributed by atoms with van der Waals surface area (Å²) in [4.78, 5) is 0. The standard InChI is InChI=1S/C21H21Cl2N3/c1-14-7-9-18(10-8-14)26-15(2)11-17(16(26)3)12-24-25-13-19-20(22)5-4-6-21(19)23/h4-12,25H,13H2,1-3H3/b24-12+. The first-order chi connectivity index (χ1) is 12.5. The summed E-state index contributed by atoms with van der Waals surface area (Å²) in [5.74, 6) is 0. The minimum atomic E-state index is 0.478. The number of hydrogen-bond acceptors (Lipinski definition) is 2. The zero-order valence-corrected chi connectivity index (χ0v) is 16.6. The van der Waals surface area contributed by atoms with Crippen LogP contribution < -0.4 is 5.43 Å². The number of benzene rings is 2. The number of halogens is 2. The molecule has 0 spiro atoms. The van der Waals surface area contributed by atoms with Crippen molar-refractivity contribution < 1.29 is 0 Å². The highest BCUT2D eigenvalue weighted by molar-refractivity contribution is 6.35. The largest absolute Gasteiger partial charge is 0.318 e. The molecule has 1 heterocycles. The second kappa shape index (κ2) is 7.98. The van der Waals surface area contributed by atoms with Crippen LogP contribution in [0.1, 0.15) is 28.1 Å². The van der Waals surface area contributed by atoms with Crippen LogP contribution in [0.4, 0.5) is 0 Å². The SMILES string of the molecule is Cc1ccc(-n2c(C)cc(/C=N/NCc3c(Cl)cccc3Cl)c2C)cc1. The summed E-state index contributed by atoms with van der Waals surface area (Å²) in [6, 6.07) is 16.1. The maximum Gasteiger partial charge on any atom is 0.0609 e. The molecule has 5 heteroatoms. The predicted octanol–water partition coefficient (Wildman–Crippen LogP) is 5.83. The van der Waals surface area contributed by atoms with Gasteiger partial charge in [-0.3, -0.25) is 0 Å². The Morgan fingerprint density at radius 2 is 1.65 bits per heavy atom. The maximum absolute atomic E-state index is 6.17. The first-order valence-electron chi connectivity index (χ1n) is 8.42. The summed E-state index contributed by atoms with van der Waals surface area (Å²) in [5, 5.41) is 5.61. The zero-order chi connectivity index (χ0) is 18.7. The molecule has 1 aromatic heterocycles. The van der Waals surface area contributed by atoms with E-state index in [1.807, 2.05) is 24.4 Å². The molecule has 0 bridgehead atoms. The fourth-order valence-corrected chi connectivity index (χ4v) is 3.48. The third-order valence-corrected chi connectivity index (χ3v) is 5.08. The fraction of sp³-hybridized carbons (Fsp3) is 0.190. The molecule has 0 unspecified atom stereocenters. The lowest BCUT2D eigenvalue weighted by atomic mass is 10.2. The molecule has 3 aromatic rings. The minimum Gasteiger partial charge on any atom is -0.318 e. The molecule has 1 N–H and O–H groups in total. The predicted molar refractivity (Wildman–Crippen MR) is 111 cm³/mol. The maximum atomic E-state index is 6.17. The Kier molecular flexibility index (Phi) is 5.70. The molecule has 0 atom stereocenters. The van der Waals surface area contributed by atoms with Crippen LogP contribution in [0.5, 0.6) is 0 Å². The van der Waals surface area contributed by atoms with Crippen molar-refractivity contribution in [2.75, 3.05) is 0 Å². The molecule has 3 nitrogen and oxygen atoms in total. The van der Waals surface area contributed by atoms with E-state index in [-0.39, 0.29) is 0 Å². The van der Waals surface area contributed by atoms with E-state index < -0.39 is 0 Å². The highest BCUT2D eigenvalue weighted by Crippen LogP contribution is 2.24. The molecule has 134 valence electrons. The van der Waals surface area contributed by atoms with Crippen LogP contribution in [-0.4, -0.2) is 10.8 Å². The third kappa shape index (κ3) is 3.95. The Morgan fingerprint density at radius 1 is 1.00 bits per heavy atom. The smallest absolute Gasteiger partial charge is 0.0609 e. The summed E-state index contributed by atoms with van der Waals surface area (Å²) < 4.78 is 2.23. The van der Waals surface area contributed by atoms with Crippen LogP contribution in [0.3, 0.4) is 0 Å². The van der Waals surface area contributed by atoms with Crippen molar-refractivity contribution in [3.63, 3.8) is 0 Å². The number of aromatic nitrogens is 1. The van der Waals surface area contributed by atoms with Crippen molar-refractivity contribution in [3.8, 4) is 5.69 Å². The van der Waals surface area contributed by atoms with Crippen LogP contribution in [0.2, 0.25) is 10.0 Å². The third-order valence-electron chi connectivity index (χ3n) is 4.37. The quantitative estimate of drug-likeness (QED) is 0.434. The van der Waals surface area contributed by atoms with E-state index in [0.717, 1.165) is 22.5 Å². The van der Waals surface area contributed by atoms with Gasteiger partial charge in [-0.2, -0.15) is 5.10 Å². The van der Waals surface area contributed by atoms with E-state index in [0.29, 0.717) is 16.6 Å². The van der Waals surface area contributed by atoms with E-state index in [9.17, 15) is 0 Å². The average Bonchev–Trinajstić information content (AvgIpc) is 2.89. The Bertz CT molecular complexity index is 920. The molecule has 0 aliphatic carbocycles. The normalized spacial score (nSPS) is 11.3. The summed E-state index contributed by atoms with van der Waals surface area (Å²) in [6.45, 7) is 6.76. The zero-order valence-electron chi connectivity index (χ0n) is 15.1. The van der Waals surface area contributed by atoms with Crippen LogP contribution in [0.15, 0.2) is 53.6 Å². The summed E-state index contributed by atoms with van der Waals surface area (Å²) in [5.41, 5.74) is 9.66. The van der Waals surface area contributed by atoms with Crippen LogP contribution >= 0.6 is 23.2 Å².